The molecule has 0 saturated heterocycles. The molecule has 0 unspecified atom stereocenters. The van der Waals surface area contributed by atoms with Crippen molar-refractivity contribution in [1.29, 1.82) is 0 Å². The predicted octanol–water partition coefficient (Wildman–Crippen LogP) is 3.77. The number of carbonyl (C=O) groups excluding carboxylic acids is 3. The van der Waals surface area contributed by atoms with Gasteiger partial charge in [-0.1, -0.05) is 42.5 Å². The Hall–Kier alpha value is -3.12. The smallest absolute Gasteiger partial charge is 0.316 e. The number of esters is 1. The quantitative estimate of drug-likeness (QED) is 0.364. The van der Waals surface area contributed by atoms with Crippen LogP contribution in [0.5, 0.6) is 0 Å². The maximum Gasteiger partial charge on any atom is 0.316 e. The number of carbonyl (C=O) groups is 3. The molecule has 140 valence electrons. The zero-order valence-corrected chi connectivity index (χ0v) is 15.8. The highest BCUT2D eigenvalue weighted by atomic mass is 32.2. The maximum absolute atomic E-state index is 12.3. The number of ether oxygens (including phenoxy) is 1. The van der Waals surface area contributed by atoms with Crippen LogP contribution in [0, 0.1) is 0 Å². The van der Waals surface area contributed by atoms with Gasteiger partial charge in [-0.05, 0) is 35.0 Å². The summed E-state index contributed by atoms with van der Waals surface area (Å²) in [6.07, 6.45) is 0. The molecule has 0 fully saturated rings. The van der Waals surface area contributed by atoms with Gasteiger partial charge in [-0.2, -0.15) is 0 Å². The third kappa shape index (κ3) is 3.64. The van der Waals surface area contributed by atoms with E-state index in [4.69, 9.17) is 4.74 Å². The van der Waals surface area contributed by atoms with E-state index in [9.17, 15) is 14.4 Å². The Morgan fingerprint density at radius 1 is 0.857 bits per heavy atom. The topological polar surface area (TPSA) is 63.7 Å². The van der Waals surface area contributed by atoms with Crippen LogP contribution in [0.2, 0.25) is 0 Å². The summed E-state index contributed by atoms with van der Waals surface area (Å²) in [5.74, 6) is -0.903. The molecule has 1 heterocycles. The highest BCUT2D eigenvalue weighted by Crippen LogP contribution is 2.24. The molecular weight excluding hydrogens is 374 g/mol. The third-order valence-electron chi connectivity index (χ3n) is 4.53. The molecule has 2 amide bonds. The first-order chi connectivity index (χ1) is 13.6. The van der Waals surface area contributed by atoms with Gasteiger partial charge in [-0.3, -0.25) is 19.3 Å². The molecule has 0 spiro atoms. The largest absolute Gasteiger partial charge is 0.463 e. The zero-order valence-electron chi connectivity index (χ0n) is 15.0. The number of thioether (sulfide) groups is 1. The van der Waals surface area contributed by atoms with Crippen molar-refractivity contribution in [3.8, 4) is 0 Å². The van der Waals surface area contributed by atoms with Crippen LogP contribution in [-0.4, -0.2) is 41.6 Å². The van der Waals surface area contributed by atoms with Gasteiger partial charge in [-0.25, -0.2) is 0 Å². The molecule has 0 aliphatic carbocycles. The molecule has 5 nitrogen and oxygen atoms in total. The van der Waals surface area contributed by atoms with Crippen molar-refractivity contribution in [3.05, 3.63) is 77.9 Å². The van der Waals surface area contributed by atoms with Gasteiger partial charge in [0, 0.05) is 4.90 Å². The fourth-order valence-corrected chi connectivity index (χ4v) is 3.88. The molecule has 3 aromatic carbocycles. The van der Waals surface area contributed by atoms with Crippen LogP contribution in [0.15, 0.2) is 71.6 Å². The average Bonchev–Trinajstić information content (AvgIpc) is 2.97. The lowest BCUT2D eigenvalue weighted by atomic mass is 10.1. The number of benzene rings is 3. The van der Waals surface area contributed by atoms with E-state index >= 15 is 0 Å². The van der Waals surface area contributed by atoms with Crippen molar-refractivity contribution in [3.63, 3.8) is 0 Å². The van der Waals surface area contributed by atoms with Crippen molar-refractivity contribution in [2.45, 2.75) is 4.90 Å². The van der Waals surface area contributed by atoms with Gasteiger partial charge in [0.05, 0.1) is 23.4 Å². The molecule has 6 heteroatoms. The van der Waals surface area contributed by atoms with Gasteiger partial charge in [0.15, 0.2) is 0 Å². The van der Waals surface area contributed by atoms with Crippen LogP contribution < -0.4 is 0 Å². The molecule has 0 N–H and O–H groups in total. The normalized spacial score (nSPS) is 13.1. The van der Waals surface area contributed by atoms with Gasteiger partial charge in [0.25, 0.3) is 11.8 Å². The lowest BCUT2D eigenvalue weighted by Crippen LogP contribution is -2.33. The summed E-state index contributed by atoms with van der Waals surface area (Å²) < 4.78 is 5.20. The second-order valence-corrected chi connectivity index (χ2v) is 7.37. The van der Waals surface area contributed by atoms with Gasteiger partial charge >= 0.3 is 5.97 Å². The Kier molecular flexibility index (Phi) is 5.12. The molecule has 0 radical (unpaired) electrons. The first kappa shape index (κ1) is 18.3. The van der Waals surface area contributed by atoms with E-state index in [2.05, 4.69) is 0 Å². The molecule has 4 rings (SSSR count). The Bertz CT molecular complexity index is 1040. The number of nitrogens with zero attached hydrogens (tertiary/aromatic N) is 1. The first-order valence-electron chi connectivity index (χ1n) is 8.86. The van der Waals surface area contributed by atoms with Crippen molar-refractivity contribution < 1.29 is 19.1 Å². The van der Waals surface area contributed by atoms with Crippen LogP contribution in [0.25, 0.3) is 10.8 Å². The molecule has 1 aliphatic rings. The number of imide groups is 1. The zero-order chi connectivity index (χ0) is 19.5. The second kappa shape index (κ2) is 7.86. The second-order valence-electron chi connectivity index (χ2n) is 6.33. The molecule has 0 bridgehead atoms. The lowest BCUT2D eigenvalue weighted by Gasteiger charge is -2.13. The van der Waals surface area contributed by atoms with Gasteiger partial charge in [0.2, 0.25) is 0 Å². The van der Waals surface area contributed by atoms with Gasteiger partial charge < -0.3 is 4.74 Å². The number of hydrogen-bond acceptors (Lipinski definition) is 5. The first-order valence-corrected chi connectivity index (χ1v) is 9.84. The highest BCUT2D eigenvalue weighted by molar-refractivity contribution is 8.00. The minimum atomic E-state index is -0.380. The SMILES string of the molecule is O=C(CSc1ccc2ccccc2c1)OCCN1C(=O)c2ccccc2C1=O. The molecule has 0 atom stereocenters. The molecular formula is C22H17NO4S. The van der Waals surface area contributed by atoms with Crippen molar-refractivity contribution >= 4 is 40.3 Å². The summed E-state index contributed by atoms with van der Waals surface area (Å²) in [5, 5.41) is 2.27. The van der Waals surface area contributed by atoms with Crippen molar-refractivity contribution in [2.75, 3.05) is 18.9 Å². The summed E-state index contributed by atoms with van der Waals surface area (Å²) in [6.45, 7) is 0.0430. The molecule has 28 heavy (non-hydrogen) atoms. The highest BCUT2D eigenvalue weighted by Gasteiger charge is 2.34. The van der Waals surface area contributed by atoms with Gasteiger partial charge in [-0.15, -0.1) is 11.8 Å². The van der Waals surface area contributed by atoms with Crippen LogP contribution in [0.1, 0.15) is 20.7 Å². The van der Waals surface area contributed by atoms with E-state index in [0.717, 1.165) is 20.6 Å². The van der Waals surface area contributed by atoms with Crippen LogP contribution in [-0.2, 0) is 9.53 Å². The van der Waals surface area contributed by atoms with Crippen molar-refractivity contribution in [1.82, 2.24) is 4.90 Å². The maximum atomic E-state index is 12.3. The third-order valence-corrected chi connectivity index (χ3v) is 5.50. The number of amides is 2. The summed E-state index contributed by atoms with van der Waals surface area (Å²) >= 11 is 1.39. The van der Waals surface area contributed by atoms with Gasteiger partial charge in [0.1, 0.15) is 6.61 Å². The molecule has 1 aliphatic heterocycles. The minimum absolute atomic E-state index is 0.0113. The minimum Gasteiger partial charge on any atom is -0.463 e. The number of hydrogen-bond donors (Lipinski definition) is 0. The lowest BCUT2D eigenvalue weighted by molar-refractivity contribution is -0.140. The summed E-state index contributed by atoms with van der Waals surface area (Å²) in [6, 6.07) is 20.7. The van der Waals surface area contributed by atoms with Crippen LogP contribution >= 0.6 is 11.8 Å². The predicted molar refractivity (Wildman–Crippen MR) is 107 cm³/mol. The van der Waals surface area contributed by atoms with E-state index in [0.29, 0.717) is 11.1 Å². The van der Waals surface area contributed by atoms with E-state index in [1.54, 1.807) is 24.3 Å². The van der Waals surface area contributed by atoms with Crippen molar-refractivity contribution in [2.24, 2.45) is 0 Å². The Morgan fingerprint density at radius 3 is 2.21 bits per heavy atom. The average molecular weight is 391 g/mol. The Balaban J connectivity index is 1.27. The Labute approximate surface area is 166 Å². The molecule has 0 aromatic heterocycles. The van der Waals surface area contributed by atoms with E-state index in [-0.39, 0.29) is 36.7 Å². The number of rotatable bonds is 6. The number of fused-ring (bicyclic) bond motifs is 2. The molecule has 3 aromatic rings. The van der Waals surface area contributed by atoms with E-state index in [1.165, 1.54) is 11.8 Å². The fraction of sp³-hybridized carbons (Fsp3) is 0.136. The fourth-order valence-electron chi connectivity index (χ4n) is 3.13. The summed E-state index contributed by atoms with van der Waals surface area (Å²) in [5.41, 5.74) is 0.788. The van der Waals surface area contributed by atoms with Crippen LogP contribution in [0.4, 0.5) is 0 Å². The summed E-state index contributed by atoms with van der Waals surface area (Å²) in [4.78, 5) is 38.6. The standard InChI is InChI=1S/C22H17NO4S/c24-20(14-28-17-10-9-15-5-1-2-6-16(15)13-17)27-12-11-23-21(25)18-7-3-4-8-19(18)22(23)26/h1-10,13H,11-12,14H2. The summed E-state index contributed by atoms with van der Waals surface area (Å²) in [7, 11) is 0. The van der Waals surface area contributed by atoms with E-state index < -0.39 is 0 Å². The molecule has 0 saturated carbocycles. The van der Waals surface area contributed by atoms with E-state index in [1.807, 2.05) is 42.5 Å². The monoisotopic (exact) mass is 391 g/mol. The Morgan fingerprint density at radius 2 is 1.50 bits per heavy atom. The van der Waals surface area contributed by atoms with Crippen LogP contribution in [0.3, 0.4) is 0 Å².